The van der Waals surface area contributed by atoms with E-state index in [2.05, 4.69) is 40.5 Å². The molecular formula is C18H30N2O. The van der Waals surface area contributed by atoms with Gasteiger partial charge in [0.15, 0.2) is 0 Å². The largest absolute Gasteiger partial charge is 0.393 e. The Hall–Kier alpha value is -0.900. The Kier molecular flexibility index (Phi) is 7.20. The standard InChI is InChI=1S/C18H30N2O/c1-16(21)6-5-12-19-18-10-14-20(15-11-18)13-9-17-7-3-2-4-8-17/h2-4,7-8,16,18-19,21H,5-6,9-15H2,1H3. The van der Waals surface area contributed by atoms with Crippen molar-refractivity contribution in [1.29, 1.82) is 0 Å². The van der Waals surface area contributed by atoms with Gasteiger partial charge < -0.3 is 15.3 Å². The first kappa shape index (κ1) is 16.5. The fraction of sp³-hybridized carbons (Fsp3) is 0.667. The number of nitrogens with zero attached hydrogens (tertiary/aromatic N) is 1. The quantitative estimate of drug-likeness (QED) is 0.722. The molecule has 1 saturated heterocycles. The zero-order valence-electron chi connectivity index (χ0n) is 13.3. The summed E-state index contributed by atoms with van der Waals surface area (Å²) in [6.45, 7) is 6.51. The van der Waals surface area contributed by atoms with Crippen LogP contribution >= 0.6 is 0 Å². The minimum absolute atomic E-state index is 0.161. The van der Waals surface area contributed by atoms with Gasteiger partial charge in [-0.25, -0.2) is 0 Å². The maximum atomic E-state index is 9.24. The van der Waals surface area contributed by atoms with E-state index >= 15 is 0 Å². The first-order valence-electron chi connectivity index (χ1n) is 8.42. The van der Waals surface area contributed by atoms with Gasteiger partial charge in [0.1, 0.15) is 0 Å². The second-order valence-electron chi connectivity index (χ2n) is 6.30. The molecule has 0 saturated carbocycles. The van der Waals surface area contributed by atoms with Crippen LogP contribution in [0.4, 0.5) is 0 Å². The van der Waals surface area contributed by atoms with Gasteiger partial charge in [0, 0.05) is 12.6 Å². The van der Waals surface area contributed by atoms with Crippen LogP contribution in [0.5, 0.6) is 0 Å². The topological polar surface area (TPSA) is 35.5 Å². The number of benzene rings is 1. The Morgan fingerprint density at radius 3 is 2.62 bits per heavy atom. The van der Waals surface area contributed by atoms with Crippen LogP contribution in [-0.4, -0.2) is 48.3 Å². The van der Waals surface area contributed by atoms with E-state index in [1.165, 1.54) is 38.0 Å². The molecule has 118 valence electrons. The van der Waals surface area contributed by atoms with Crippen molar-refractivity contribution >= 4 is 0 Å². The molecule has 1 aromatic rings. The molecule has 1 aliphatic rings. The smallest absolute Gasteiger partial charge is 0.0512 e. The van der Waals surface area contributed by atoms with Crippen molar-refractivity contribution in [3.63, 3.8) is 0 Å². The van der Waals surface area contributed by atoms with Crippen molar-refractivity contribution in [1.82, 2.24) is 10.2 Å². The average molecular weight is 290 g/mol. The highest BCUT2D eigenvalue weighted by Crippen LogP contribution is 2.11. The first-order valence-corrected chi connectivity index (χ1v) is 8.42. The average Bonchev–Trinajstić information content (AvgIpc) is 2.51. The fourth-order valence-electron chi connectivity index (χ4n) is 3.00. The normalized spacial score (nSPS) is 18.8. The zero-order valence-corrected chi connectivity index (χ0v) is 13.3. The van der Waals surface area contributed by atoms with Crippen LogP contribution < -0.4 is 5.32 Å². The van der Waals surface area contributed by atoms with Crippen LogP contribution in [0, 0.1) is 0 Å². The van der Waals surface area contributed by atoms with Crippen molar-refractivity contribution in [2.24, 2.45) is 0 Å². The maximum absolute atomic E-state index is 9.24. The summed E-state index contributed by atoms with van der Waals surface area (Å²) in [4.78, 5) is 2.58. The van der Waals surface area contributed by atoms with Gasteiger partial charge in [-0.15, -0.1) is 0 Å². The summed E-state index contributed by atoms with van der Waals surface area (Å²) in [7, 11) is 0. The van der Waals surface area contributed by atoms with Crippen LogP contribution in [0.3, 0.4) is 0 Å². The lowest BCUT2D eigenvalue weighted by Crippen LogP contribution is -2.43. The summed E-state index contributed by atoms with van der Waals surface area (Å²) >= 11 is 0. The summed E-state index contributed by atoms with van der Waals surface area (Å²) in [6, 6.07) is 11.4. The maximum Gasteiger partial charge on any atom is 0.0512 e. The van der Waals surface area contributed by atoms with Crippen molar-refractivity contribution in [2.45, 2.75) is 51.2 Å². The Morgan fingerprint density at radius 1 is 1.24 bits per heavy atom. The van der Waals surface area contributed by atoms with Crippen molar-refractivity contribution < 1.29 is 5.11 Å². The number of aliphatic hydroxyl groups excluding tert-OH is 1. The van der Waals surface area contributed by atoms with E-state index in [4.69, 9.17) is 0 Å². The van der Waals surface area contributed by atoms with Gasteiger partial charge in [-0.1, -0.05) is 30.3 Å². The van der Waals surface area contributed by atoms with Crippen molar-refractivity contribution in [3.8, 4) is 0 Å². The molecule has 0 bridgehead atoms. The number of hydrogen-bond donors (Lipinski definition) is 2. The zero-order chi connectivity index (χ0) is 14.9. The van der Waals surface area contributed by atoms with Crippen LogP contribution in [-0.2, 0) is 6.42 Å². The number of hydrogen-bond acceptors (Lipinski definition) is 3. The molecule has 21 heavy (non-hydrogen) atoms. The monoisotopic (exact) mass is 290 g/mol. The molecule has 1 unspecified atom stereocenters. The lowest BCUT2D eigenvalue weighted by atomic mass is 10.0. The number of nitrogens with one attached hydrogen (secondary N) is 1. The minimum Gasteiger partial charge on any atom is -0.393 e. The molecule has 0 aliphatic carbocycles. The van der Waals surface area contributed by atoms with E-state index in [1.807, 2.05) is 6.92 Å². The van der Waals surface area contributed by atoms with Crippen LogP contribution in [0.15, 0.2) is 30.3 Å². The highest BCUT2D eigenvalue weighted by molar-refractivity contribution is 5.14. The summed E-state index contributed by atoms with van der Waals surface area (Å²) in [6.07, 6.45) is 5.49. The summed E-state index contributed by atoms with van der Waals surface area (Å²) in [5, 5.41) is 12.9. The van der Waals surface area contributed by atoms with E-state index in [0.717, 1.165) is 25.8 Å². The van der Waals surface area contributed by atoms with Gasteiger partial charge in [0.2, 0.25) is 0 Å². The molecule has 1 aliphatic heterocycles. The molecule has 0 radical (unpaired) electrons. The van der Waals surface area contributed by atoms with Crippen LogP contribution in [0.1, 0.15) is 38.2 Å². The molecule has 3 nitrogen and oxygen atoms in total. The molecule has 0 spiro atoms. The van der Waals surface area contributed by atoms with E-state index in [9.17, 15) is 5.11 Å². The highest BCUT2D eigenvalue weighted by atomic mass is 16.3. The van der Waals surface area contributed by atoms with Gasteiger partial charge in [-0.05, 0) is 64.2 Å². The Balaban J connectivity index is 1.56. The molecule has 1 fully saturated rings. The van der Waals surface area contributed by atoms with E-state index in [1.54, 1.807) is 0 Å². The molecule has 1 aromatic carbocycles. The summed E-state index contributed by atoms with van der Waals surface area (Å²) < 4.78 is 0. The molecule has 1 atom stereocenters. The van der Waals surface area contributed by atoms with Crippen LogP contribution in [0.25, 0.3) is 0 Å². The van der Waals surface area contributed by atoms with E-state index in [-0.39, 0.29) is 6.10 Å². The summed E-state index contributed by atoms with van der Waals surface area (Å²) in [5.74, 6) is 0. The van der Waals surface area contributed by atoms with Crippen LogP contribution in [0.2, 0.25) is 0 Å². The Morgan fingerprint density at radius 2 is 1.95 bits per heavy atom. The predicted molar refractivity (Wildman–Crippen MR) is 88.5 cm³/mol. The molecule has 0 amide bonds. The second kappa shape index (κ2) is 9.19. The Bertz CT molecular complexity index is 372. The van der Waals surface area contributed by atoms with Crippen molar-refractivity contribution in [3.05, 3.63) is 35.9 Å². The first-order chi connectivity index (χ1) is 10.2. The lowest BCUT2D eigenvalue weighted by Gasteiger charge is -2.32. The Labute approximate surface area is 129 Å². The third-order valence-corrected chi connectivity index (χ3v) is 4.38. The van der Waals surface area contributed by atoms with E-state index < -0.39 is 0 Å². The summed E-state index contributed by atoms with van der Waals surface area (Å²) in [5.41, 5.74) is 1.44. The lowest BCUT2D eigenvalue weighted by molar-refractivity contribution is 0.176. The second-order valence-corrected chi connectivity index (χ2v) is 6.30. The molecule has 3 heteroatoms. The molecular weight excluding hydrogens is 260 g/mol. The third-order valence-electron chi connectivity index (χ3n) is 4.38. The fourth-order valence-corrected chi connectivity index (χ4v) is 3.00. The molecule has 2 N–H and O–H groups in total. The van der Waals surface area contributed by atoms with Gasteiger partial charge in [-0.3, -0.25) is 0 Å². The van der Waals surface area contributed by atoms with Gasteiger partial charge >= 0.3 is 0 Å². The number of aliphatic hydroxyl groups is 1. The van der Waals surface area contributed by atoms with Gasteiger partial charge in [0.25, 0.3) is 0 Å². The SMILES string of the molecule is CC(O)CCCNC1CCN(CCc2ccccc2)CC1. The molecule has 2 rings (SSSR count). The van der Waals surface area contributed by atoms with Gasteiger partial charge in [0.05, 0.1) is 6.10 Å². The number of likely N-dealkylation sites (tertiary alicyclic amines) is 1. The highest BCUT2D eigenvalue weighted by Gasteiger charge is 2.18. The van der Waals surface area contributed by atoms with Gasteiger partial charge in [-0.2, -0.15) is 0 Å². The number of rotatable bonds is 8. The van der Waals surface area contributed by atoms with E-state index in [0.29, 0.717) is 6.04 Å². The molecule has 0 aromatic heterocycles. The number of piperidine rings is 1. The minimum atomic E-state index is -0.161. The molecule has 1 heterocycles. The van der Waals surface area contributed by atoms with Crippen molar-refractivity contribution in [2.75, 3.05) is 26.2 Å². The predicted octanol–water partition coefficient (Wildman–Crippen LogP) is 2.44. The third kappa shape index (κ3) is 6.60.